The highest BCUT2D eigenvalue weighted by Crippen LogP contribution is 2.28. The summed E-state index contributed by atoms with van der Waals surface area (Å²) >= 11 is 0. The van der Waals surface area contributed by atoms with Gasteiger partial charge in [-0.15, -0.1) is 0 Å². The summed E-state index contributed by atoms with van der Waals surface area (Å²) in [7, 11) is -3.83. The molecule has 1 unspecified atom stereocenters. The van der Waals surface area contributed by atoms with Gasteiger partial charge in [0.25, 0.3) is 5.56 Å². The van der Waals surface area contributed by atoms with Crippen LogP contribution in [-0.2, 0) is 16.4 Å². The Balaban J connectivity index is 1.55. The van der Waals surface area contributed by atoms with Crippen molar-refractivity contribution in [3.05, 3.63) is 68.9 Å². The molecule has 0 bridgehead atoms. The summed E-state index contributed by atoms with van der Waals surface area (Å²) < 4.78 is 33.3. The van der Waals surface area contributed by atoms with Crippen molar-refractivity contribution in [1.82, 2.24) is 14.7 Å². The zero-order valence-electron chi connectivity index (χ0n) is 13.5. The van der Waals surface area contributed by atoms with Crippen LogP contribution in [-0.4, -0.2) is 31.0 Å². The van der Waals surface area contributed by atoms with Gasteiger partial charge in [-0.1, -0.05) is 18.2 Å². The van der Waals surface area contributed by atoms with E-state index in [2.05, 4.69) is 14.7 Å². The molecule has 1 aliphatic rings. The van der Waals surface area contributed by atoms with Crippen molar-refractivity contribution in [2.24, 2.45) is 0 Å². The molecular formula is C17H15N3O5S. The second-order valence-corrected chi connectivity index (χ2v) is 7.79. The number of aromatic amines is 2. The van der Waals surface area contributed by atoms with Gasteiger partial charge in [-0.05, 0) is 29.8 Å². The molecule has 0 spiro atoms. The molecule has 9 heteroatoms. The molecule has 8 nitrogen and oxygen atoms in total. The van der Waals surface area contributed by atoms with Gasteiger partial charge in [-0.25, -0.2) is 17.9 Å². The van der Waals surface area contributed by atoms with Crippen LogP contribution >= 0.6 is 0 Å². The third-order valence-electron chi connectivity index (χ3n) is 4.24. The number of hydrogen-bond donors (Lipinski definition) is 3. The smallest absolute Gasteiger partial charge is 0.326 e. The number of aromatic nitrogens is 2. The second-order valence-electron chi connectivity index (χ2n) is 6.02. The zero-order valence-corrected chi connectivity index (χ0v) is 14.3. The van der Waals surface area contributed by atoms with E-state index in [1.54, 1.807) is 0 Å². The van der Waals surface area contributed by atoms with E-state index in [0.717, 1.165) is 11.3 Å². The molecule has 0 saturated heterocycles. The Morgan fingerprint density at radius 1 is 1.12 bits per heavy atom. The molecule has 1 atom stereocenters. The van der Waals surface area contributed by atoms with Crippen molar-refractivity contribution in [2.75, 3.05) is 6.54 Å². The third kappa shape index (κ3) is 3.02. The highest BCUT2D eigenvalue weighted by Gasteiger charge is 2.24. The first-order valence-electron chi connectivity index (χ1n) is 7.93. The zero-order chi connectivity index (χ0) is 18.3. The molecule has 0 fully saturated rings. The fourth-order valence-corrected chi connectivity index (χ4v) is 4.06. The number of hydrogen-bond acceptors (Lipinski definition) is 5. The Bertz CT molecular complexity index is 1190. The summed E-state index contributed by atoms with van der Waals surface area (Å²) in [4.78, 5) is 27.6. The monoisotopic (exact) mass is 373 g/mol. The maximum Gasteiger partial charge on any atom is 0.326 e. The summed E-state index contributed by atoms with van der Waals surface area (Å²) in [5.74, 6) is 0.762. The fraction of sp³-hybridized carbons (Fsp3) is 0.176. The van der Waals surface area contributed by atoms with E-state index in [1.807, 2.05) is 24.3 Å². The normalized spacial score (nSPS) is 16.4. The van der Waals surface area contributed by atoms with Crippen molar-refractivity contribution in [2.45, 2.75) is 17.4 Å². The first kappa shape index (κ1) is 16.6. The van der Waals surface area contributed by atoms with Crippen LogP contribution < -0.4 is 20.7 Å². The molecular weight excluding hydrogens is 358 g/mol. The van der Waals surface area contributed by atoms with Crippen molar-refractivity contribution in [1.29, 1.82) is 0 Å². The molecule has 26 heavy (non-hydrogen) atoms. The fourth-order valence-electron chi connectivity index (χ4n) is 2.97. The van der Waals surface area contributed by atoms with Gasteiger partial charge in [0.1, 0.15) is 11.9 Å². The van der Waals surface area contributed by atoms with Crippen LogP contribution in [0.3, 0.4) is 0 Å². The average Bonchev–Trinajstić information content (AvgIpc) is 3.03. The highest BCUT2D eigenvalue weighted by atomic mass is 32.2. The lowest BCUT2D eigenvalue weighted by atomic mass is 10.1. The lowest BCUT2D eigenvalue weighted by molar-refractivity contribution is 0.236. The molecule has 0 saturated carbocycles. The lowest BCUT2D eigenvalue weighted by Crippen LogP contribution is -2.34. The maximum absolute atomic E-state index is 12.5. The van der Waals surface area contributed by atoms with Gasteiger partial charge >= 0.3 is 5.69 Å². The predicted octanol–water partition coefficient (Wildman–Crippen LogP) is 0.498. The van der Waals surface area contributed by atoms with Crippen LogP contribution in [0.1, 0.15) is 5.56 Å². The van der Waals surface area contributed by atoms with E-state index in [0.29, 0.717) is 6.42 Å². The van der Waals surface area contributed by atoms with Crippen molar-refractivity contribution in [3.63, 3.8) is 0 Å². The van der Waals surface area contributed by atoms with E-state index in [4.69, 9.17) is 4.74 Å². The average molecular weight is 373 g/mol. The third-order valence-corrected chi connectivity index (χ3v) is 5.66. The summed E-state index contributed by atoms with van der Waals surface area (Å²) in [5, 5.41) is 0.0944. The van der Waals surface area contributed by atoms with E-state index in [9.17, 15) is 18.0 Å². The summed E-state index contributed by atoms with van der Waals surface area (Å²) in [6, 6.07) is 11.5. The Hall–Kier alpha value is -2.91. The van der Waals surface area contributed by atoms with Crippen LogP contribution in [0.5, 0.6) is 5.75 Å². The molecule has 3 N–H and O–H groups in total. The summed E-state index contributed by atoms with van der Waals surface area (Å²) in [5.41, 5.74) is 0.0229. The van der Waals surface area contributed by atoms with Gasteiger partial charge in [0.05, 0.1) is 15.8 Å². The summed E-state index contributed by atoms with van der Waals surface area (Å²) in [6.45, 7) is 0.108. The van der Waals surface area contributed by atoms with Gasteiger partial charge in [-0.2, -0.15) is 0 Å². The molecule has 2 heterocycles. The topological polar surface area (TPSA) is 121 Å². The molecule has 0 amide bonds. The van der Waals surface area contributed by atoms with Crippen LogP contribution in [0.2, 0.25) is 0 Å². The summed E-state index contributed by atoms with van der Waals surface area (Å²) in [6.07, 6.45) is 0.333. The van der Waals surface area contributed by atoms with Crippen LogP contribution in [0.15, 0.2) is 56.9 Å². The minimum Gasteiger partial charge on any atom is -0.488 e. The number of sulfonamides is 1. The number of benzene rings is 2. The largest absolute Gasteiger partial charge is 0.488 e. The van der Waals surface area contributed by atoms with Gasteiger partial charge < -0.3 is 9.72 Å². The molecule has 0 aliphatic carbocycles. The van der Waals surface area contributed by atoms with Crippen LogP contribution in [0, 0.1) is 0 Å². The van der Waals surface area contributed by atoms with Crippen molar-refractivity contribution < 1.29 is 13.2 Å². The number of para-hydroxylation sites is 1. The van der Waals surface area contributed by atoms with Gasteiger partial charge in [-0.3, -0.25) is 9.78 Å². The molecule has 1 aliphatic heterocycles. The van der Waals surface area contributed by atoms with Gasteiger partial charge in [0.2, 0.25) is 10.0 Å². The number of fused-ring (bicyclic) bond motifs is 2. The molecule has 4 rings (SSSR count). The van der Waals surface area contributed by atoms with Crippen molar-refractivity contribution in [3.8, 4) is 5.75 Å². The molecule has 1 aromatic heterocycles. The van der Waals surface area contributed by atoms with Gasteiger partial charge in [0, 0.05) is 13.0 Å². The van der Waals surface area contributed by atoms with E-state index >= 15 is 0 Å². The van der Waals surface area contributed by atoms with E-state index in [1.165, 1.54) is 18.2 Å². The highest BCUT2D eigenvalue weighted by molar-refractivity contribution is 7.89. The number of nitrogens with one attached hydrogen (secondary N) is 3. The number of rotatable bonds is 4. The van der Waals surface area contributed by atoms with Crippen LogP contribution in [0.4, 0.5) is 0 Å². The Morgan fingerprint density at radius 3 is 2.73 bits per heavy atom. The Kier molecular flexibility index (Phi) is 3.89. The maximum atomic E-state index is 12.5. The number of H-pyrrole nitrogens is 2. The van der Waals surface area contributed by atoms with Crippen molar-refractivity contribution >= 4 is 20.9 Å². The lowest BCUT2D eigenvalue weighted by Gasteiger charge is -2.12. The molecule has 134 valence electrons. The Labute approximate surface area is 147 Å². The quantitative estimate of drug-likeness (QED) is 0.615. The first-order chi connectivity index (χ1) is 12.4. The molecule has 3 aromatic rings. The Morgan fingerprint density at radius 2 is 1.92 bits per heavy atom. The van der Waals surface area contributed by atoms with E-state index < -0.39 is 21.3 Å². The standard InChI is InChI=1S/C17H15N3O5S/c21-16-13-8-12(5-6-14(13)19-17(22)20-16)26(23,24)18-9-11-7-10-3-1-2-4-15(10)25-11/h1-6,8,11,18H,7,9H2,(H2,19,20,21,22). The molecule has 0 radical (unpaired) electrons. The SMILES string of the molecule is O=c1[nH]c(=O)c2cc(S(=O)(=O)NCC3Cc4ccccc4O3)ccc2[nH]1. The van der Waals surface area contributed by atoms with E-state index in [-0.39, 0.29) is 28.4 Å². The predicted molar refractivity (Wildman–Crippen MR) is 94.9 cm³/mol. The van der Waals surface area contributed by atoms with Crippen LogP contribution in [0.25, 0.3) is 10.9 Å². The molecule has 2 aromatic carbocycles. The minimum absolute atomic E-state index is 0.0574. The second kappa shape index (κ2) is 6.11. The first-order valence-corrected chi connectivity index (χ1v) is 9.41. The van der Waals surface area contributed by atoms with Gasteiger partial charge in [0.15, 0.2) is 0 Å². The minimum atomic E-state index is -3.83. The number of ether oxygens (including phenoxy) is 1.